The van der Waals surface area contributed by atoms with Crippen LogP contribution in [0.5, 0.6) is 0 Å². The van der Waals surface area contributed by atoms with Crippen LogP contribution in [0.25, 0.3) is 0 Å². The van der Waals surface area contributed by atoms with Gasteiger partial charge in [-0.15, -0.1) is 12.4 Å². The Morgan fingerprint density at radius 1 is 1.35 bits per heavy atom. The molecule has 1 aromatic carbocycles. The van der Waals surface area contributed by atoms with Gasteiger partial charge in [-0.25, -0.2) is 0 Å². The number of benzene rings is 1. The second-order valence-corrected chi connectivity index (χ2v) is 6.38. The lowest BCUT2D eigenvalue weighted by Gasteiger charge is -2.34. The van der Waals surface area contributed by atoms with Gasteiger partial charge in [0, 0.05) is 4.47 Å². The van der Waals surface area contributed by atoms with E-state index in [2.05, 4.69) is 26.6 Å². The third-order valence-electron chi connectivity index (χ3n) is 3.84. The lowest BCUT2D eigenvalue weighted by Crippen LogP contribution is -2.57. The summed E-state index contributed by atoms with van der Waals surface area (Å²) in [7, 11) is 0. The topological polar surface area (TPSA) is 41.1 Å². The summed E-state index contributed by atoms with van der Waals surface area (Å²) in [6.45, 7) is 4.94. The van der Waals surface area contributed by atoms with E-state index in [-0.39, 0.29) is 24.4 Å². The first-order valence-electron chi connectivity index (χ1n) is 6.83. The van der Waals surface area contributed by atoms with Gasteiger partial charge in [-0.05, 0) is 57.4 Å². The van der Waals surface area contributed by atoms with Crippen molar-refractivity contribution in [3.05, 3.63) is 34.3 Å². The quantitative estimate of drug-likeness (QED) is 0.864. The molecule has 20 heavy (non-hydrogen) atoms. The average Bonchev–Trinajstić information content (AvgIpc) is 2.40. The van der Waals surface area contributed by atoms with Crippen LogP contribution in [0, 0.1) is 0 Å². The number of piperidine rings is 1. The average molecular weight is 362 g/mol. The van der Waals surface area contributed by atoms with Crippen LogP contribution in [0.2, 0.25) is 0 Å². The first-order valence-corrected chi connectivity index (χ1v) is 7.62. The van der Waals surface area contributed by atoms with Gasteiger partial charge in [0.2, 0.25) is 5.91 Å². The lowest BCUT2D eigenvalue weighted by atomic mass is 9.89. The molecule has 1 aliphatic heterocycles. The van der Waals surface area contributed by atoms with Crippen LogP contribution in [0.1, 0.15) is 44.7 Å². The van der Waals surface area contributed by atoms with Gasteiger partial charge in [-0.2, -0.15) is 0 Å². The van der Waals surface area contributed by atoms with Crippen LogP contribution in [0.4, 0.5) is 0 Å². The van der Waals surface area contributed by atoms with E-state index in [1.165, 1.54) is 0 Å². The largest absolute Gasteiger partial charge is 0.348 e. The molecule has 1 saturated heterocycles. The highest BCUT2D eigenvalue weighted by atomic mass is 79.9. The fourth-order valence-corrected chi connectivity index (χ4v) is 2.71. The number of amides is 1. The summed E-state index contributed by atoms with van der Waals surface area (Å²) in [5.41, 5.74) is 0.706. The molecule has 1 aromatic rings. The number of hydrogen-bond donors (Lipinski definition) is 2. The molecule has 112 valence electrons. The zero-order valence-corrected chi connectivity index (χ0v) is 14.3. The van der Waals surface area contributed by atoms with Crippen LogP contribution in [0.15, 0.2) is 28.7 Å². The van der Waals surface area contributed by atoms with Gasteiger partial charge < -0.3 is 10.6 Å². The minimum Gasteiger partial charge on any atom is -0.348 e. The van der Waals surface area contributed by atoms with Crippen molar-refractivity contribution >= 4 is 34.2 Å². The van der Waals surface area contributed by atoms with Gasteiger partial charge in [0.25, 0.3) is 0 Å². The minimum atomic E-state index is -0.415. The molecule has 2 rings (SSSR count). The lowest BCUT2D eigenvalue weighted by molar-refractivity contribution is -0.128. The summed E-state index contributed by atoms with van der Waals surface area (Å²) in [6.07, 6.45) is 3.18. The Hall–Kier alpha value is -0.580. The molecule has 1 amide bonds. The van der Waals surface area contributed by atoms with Crippen LogP contribution in [-0.4, -0.2) is 18.0 Å². The molecule has 5 heteroatoms. The second kappa shape index (κ2) is 7.43. The third kappa shape index (κ3) is 4.21. The number of nitrogens with one attached hydrogen (secondary N) is 2. The van der Waals surface area contributed by atoms with Crippen molar-refractivity contribution in [2.45, 2.75) is 44.7 Å². The Morgan fingerprint density at radius 2 is 2.00 bits per heavy atom. The van der Waals surface area contributed by atoms with Crippen molar-refractivity contribution in [1.82, 2.24) is 10.6 Å². The first-order chi connectivity index (χ1) is 9.01. The molecule has 3 nitrogen and oxygen atoms in total. The fraction of sp³-hybridized carbons (Fsp3) is 0.533. The van der Waals surface area contributed by atoms with Crippen LogP contribution in [0.3, 0.4) is 0 Å². The van der Waals surface area contributed by atoms with E-state index in [1.807, 2.05) is 38.1 Å². The number of rotatable bonds is 3. The summed E-state index contributed by atoms with van der Waals surface area (Å²) in [5, 5.41) is 6.45. The molecule has 0 aliphatic carbocycles. The zero-order valence-electron chi connectivity index (χ0n) is 11.9. The molecular formula is C15H22BrClN2O. The zero-order chi connectivity index (χ0) is 13.9. The second-order valence-electron chi connectivity index (χ2n) is 5.46. The Morgan fingerprint density at radius 3 is 2.55 bits per heavy atom. The van der Waals surface area contributed by atoms with Gasteiger partial charge in [-0.1, -0.05) is 28.1 Å². The van der Waals surface area contributed by atoms with E-state index in [1.54, 1.807) is 0 Å². The summed E-state index contributed by atoms with van der Waals surface area (Å²) < 4.78 is 1.05. The minimum absolute atomic E-state index is 0. The molecule has 2 N–H and O–H groups in total. The molecule has 0 saturated carbocycles. The molecule has 0 spiro atoms. The van der Waals surface area contributed by atoms with Crippen molar-refractivity contribution < 1.29 is 4.79 Å². The number of halogens is 2. The SMILES string of the molecule is CC(NC(=O)C1(C)CCCCN1)c1ccc(Br)cc1.Cl. The summed E-state index contributed by atoms with van der Waals surface area (Å²) in [5.74, 6) is 0.0996. The van der Waals surface area contributed by atoms with Crippen molar-refractivity contribution in [2.24, 2.45) is 0 Å². The van der Waals surface area contributed by atoms with Crippen molar-refractivity contribution in [3.8, 4) is 0 Å². The summed E-state index contributed by atoms with van der Waals surface area (Å²) >= 11 is 3.42. The van der Waals surface area contributed by atoms with Crippen molar-refractivity contribution in [3.63, 3.8) is 0 Å². The molecule has 1 fully saturated rings. The Kier molecular flexibility index (Phi) is 6.49. The number of carbonyl (C=O) groups is 1. The highest BCUT2D eigenvalue weighted by molar-refractivity contribution is 9.10. The maximum Gasteiger partial charge on any atom is 0.240 e. The number of carbonyl (C=O) groups excluding carboxylic acids is 1. The van der Waals surface area contributed by atoms with Gasteiger partial charge in [0.05, 0.1) is 11.6 Å². The molecular weight excluding hydrogens is 340 g/mol. The van der Waals surface area contributed by atoms with Gasteiger partial charge in [-0.3, -0.25) is 4.79 Å². The molecule has 0 aromatic heterocycles. The van der Waals surface area contributed by atoms with Crippen LogP contribution >= 0.6 is 28.3 Å². The van der Waals surface area contributed by atoms with E-state index >= 15 is 0 Å². The fourth-order valence-electron chi connectivity index (χ4n) is 2.44. The summed E-state index contributed by atoms with van der Waals surface area (Å²) in [4.78, 5) is 12.4. The van der Waals surface area contributed by atoms with E-state index in [0.717, 1.165) is 35.8 Å². The highest BCUT2D eigenvalue weighted by Gasteiger charge is 2.34. The van der Waals surface area contributed by atoms with Crippen LogP contribution in [-0.2, 0) is 4.79 Å². The third-order valence-corrected chi connectivity index (χ3v) is 4.37. The maximum atomic E-state index is 12.4. The Labute approximate surface area is 135 Å². The maximum absolute atomic E-state index is 12.4. The van der Waals surface area contributed by atoms with Crippen LogP contribution < -0.4 is 10.6 Å². The predicted octanol–water partition coefficient (Wildman–Crippen LogP) is 3.58. The predicted molar refractivity (Wildman–Crippen MR) is 88.2 cm³/mol. The van der Waals surface area contributed by atoms with E-state index in [9.17, 15) is 4.79 Å². The monoisotopic (exact) mass is 360 g/mol. The molecule has 1 heterocycles. The van der Waals surface area contributed by atoms with E-state index in [0.29, 0.717) is 0 Å². The molecule has 0 radical (unpaired) electrons. The van der Waals surface area contributed by atoms with Gasteiger partial charge in [0.15, 0.2) is 0 Å². The normalized spacial score (nSPS) is 23.6. The number of hydrogen-bond acceptors (Lipinski definition) is 2. The highest BCUT2D eigenvalue weighted by Crippen LogP contribution is 2.21. The van der Waals surface area contributed by atoms with Crippen molar-refractivity contribution in [1.29, 1.82) is 0 Å². The smallest absolute Gasteiger partial charge is 0.240 e. The summed E-state index contributed by atoms with van der Waals surface area (Å²) in [6, 6.07) is 8.09. The standard InChI is InChI=1S/C15H21BrN2O.ClH/c1-11(12-5-7-13(16)8-6-12)18-14(19)15(2)9-3-4-10-17-15;/h5-8,11,17H,3-4,9-10H2,1-2H3,(H,18,19);1H. The van der Waals surface area contributed by atoms with E-state index in [4.69, 9.17) is 0 Å². The first kappa shape index (κ1) is 17.5. The molecule has 2 unspecified atom stereocenters. The van der Waals surface area contributed by atoms with Gasteiger partial charge in [0.1, 0.15) is 0 Å². The molecule has 2 atom stereocenters. The molecule has 0 bridgehead atoms. The molecule has 1 aliphatic rings. The Balaban J connectivity index is 0.00000200. The Bertz CT molecular complexity index is 444. The van der Waals surface area contributed by atoms with E-state index < -0.39 is 5.54 Å². The van der Waals surface area contributed by atoms with Gasteiger partial charge >= 0.3 is 0 Å². The van der Waals surface area contributed by atoms with Crippen molar-refractivity contribution in [2.75, 3.05) is 6.54 Å².